The molecule has 0 saturated carbocycles. The Balaban J connectivity index is 1.85. The number of fused-ring (bicyclic) bond motifs is 1. The highest BCUT2D eigenvalue weighted by Crippen LogP contribution is 2.29. The Morgan fingerprint density at radius 1 is 1.04 bits per heavy atom. The van der Waals surface area contributed by atoms with E-state index in [0.717, 1.165) is 27.7 Å². The third-order valence-corrected chi connectivity index (χ3v) is 4.62. The van der Waals surface area contributed by atoms with Crippen LogP contribution in [0.15, 0.2) is 34.9 Å². The predicted molar refractivity (Wildman–Crippen MR) is 98.9 cm³/mol. The van der Waals surface area contributed by atoms with Gasteiger partial charge in [-0.3, -0.25) is 4.79 Å². The molecule has 124 valence electrons. The largest absolute Gasteiger partial charge is 0.464 e. The molecule has 0 unspecified atom stereocenters. The zero-order valence-electron chi connectivity index (χ0n) is 14.3. The summed E-state index contributed by atoms with van der Waals surface area (Å²) < 4.78 is 5.59. The van der Waals surface area contributed by atoms with Crippen molar-refractivity contribution in [2.75, 3.05) is 5.32 Å². The highest BCUT2D eigenvalue weighted by atomic mass is 35.5. The van der Waals surface area contributed by atoms with Gasteiger partial charge in [-0.2, -0.15) is 0 Å². The van der Waals surface area contributed by atoms with Crippen LogP contribution in [0.5, 0.6) is 0 Å². The van der Waals surface area contributed by atoms with Gasteiger partial charge in [0.1, 0.15) is 5.58 Å². The van der Waals surface area contributed by atoms with Gasteiger partial charge in [-0.15, -0.1) is 0 Å². The van der Waals surface area contributed by atoms with Crippen LogP contribution in [0.4, 0.5) is 5.69 Å². The molecule has 1 amide bonds. The number of hydrogen-bond donors (Lipinski definition) is 1. The summed E-state index contributed by atoms with van der Waals surface area (Å²) in [5.41, 5.74) is 6.75. The fourth-order valence-electron chi connectivity index (χ4n) is 2.90. The maximum absolute atomic E-state index is 12.5. The van der Waals surface area contributed by atoms with Crippen molar-refractivity contribution in [2.45, 2.75) is 34.1 Å². The van der Waals surface area contributed by atoms with Crippen molar-refractivity contribution >= 4 is 34.2 Å². The molecular weight excluding hydrogens is 322 g/mol. The number of furan rings is 1. The molecule has 0 fully saturated rings. The van der Waals surface area contributed by atoms with E-state index in [4.69, 9.17) is 16.0 Å². The van der Waals surface area contributed by atoms with Gasteiger partial charge < -0.3 is 9.73 Å². The van der Waals surface area contributed by atoms with Crippen LogP contribution in [0, 0.1) is 27.7 Å². The average molecular weight is 342 g/mol. The van der Waals surface area contributed by atoms with Crippen molar-refractivity contribution in [1.82, 2.24) is 0 Å². The number of anilines is 1. The van der Waals surface area contributed by atoms with E-state index in [0.29, 0.717) is 10.7 Å². The minimum atomic E-state index is -0.107. The summed E-state index contributed by atoms with van der Waals surface area (Å²) in [4.78, 5) is 12.5. The van der Waals surface area contributed by atoms with Crippen molar-refractivity contribution < 1.29 is 9.21 Å². The van der Waals surface area contributed by atoms with Crippen LogP contribution in [0.2, 0.25) is 5.02 Å². The summed E-state index contributed by atoms with van der Waals surface area (Å²) in [7, 11) is 0. The van der Waals surface area contributed by atoms with Crippen LogP contribution in [0.25, 0.3) is 11.0 Å². The number of nitrogens with one attached hydrogen (secondary N) is 1. The maximum Gasteiger partial charge on any atom is 0.228 e. The Labute approximate surface area is 146 Å². The summed E-state index contributed by atoms with van der Waals surface area (Å²) >= 11 is 6.26. The van der Waals surface area contributed by atoms with Crippen molar-refractivity contribution in [2.24, 2.45) is 0 Å². The Bertz CT molecular complexity index is 917. The number of amides is 1. The molecule has 0 aliphatic carbocycles. The zero-order chi connectivity index (χ0) is 17.4. The summed E-state index contributed by atoms with van der Waals surface area (Å²) in [6.07, 6.45) is 1.91. The minimum Gasteiger partial charge on any atom is -0.464 e. The topological polar surface area (TPSA) is 42.2 Å². The van der Waals surface area contributed by atoms with Gasteiger partial charge in [0, 0.05) is 10.9 Å². The maximum atomic E-state index is 12.5. The molecule has 1 aromatic heterocycles. The average Bonchev–Trinajstić information content (AvgIpc) is 2.85. The summed E-state index contributed by atoms with van der Waals surface area (Å²) in [5.74, 6) is -0.107. The van der Waals surface area contributed by atoms with Crippen LogP contribution in [0.1, 0.15) is 27.8 Å². The molecule has 2 aromatic carbocycles. The summed E-state index contributed by atoms with van der Waals surface area (Å²) in [5, 5.41) is 4.47. The molecule has 0 radical (unpaired) electrons. The van der Waals surface area contributed by atoms with E-state index in [2.05, 4.69) is 18.3 Å². The number of carbonyl (C=O) groups excluding carboxylic acids is 1. The molecule has 0 aliphatic rings. The zero-order valence-corrected chi connectivity index (χ0v) is 15.0. The third-order valence-electron chi connectivity index (χ3n) is 4.32. The van der Waals surface area contributed by atoms with E-state index < -0.39 is 0 Å². The number of hydrogen-bond acceptors (Lipinski definition) is 2. The lowest BCUT2D eigenvalue weighted by atomic mass is 10.0. The monoisotopic (exact) mass is 341 g/mol. The fourth-order valence-corrected chi connectivity index (χ4v) is 3.27. The molecule has 3 aromatic rings. The second-order valence-electron chi connectivity index (χ2n) is 6.36. The van der Waals surface area contributed by atoms with Crippen molar-refractivity contribution in [1.29, 1.82) is 0 Å². The normalized spacial score (nSPS) is 11.0. The molecule has 0 bridgehead atoms. The highest BCUT2D eigenvalue weighted by Gasteiger charge is 2.14. The summed E-state index contributed by atoms with van der Waals surface area (Å²) in [6, 6.07) is 7.93. The SMILES string of the molecule is Cc1cc(C)c(NC(=O)Cc2coc3cc(C)c(C)cc23)c(Cl)c1. The molecule has 1 heterocycles. The molecular formula is C20H20ClNO2. The second kappa shape index (κ2) is 6.33. The first-order valence-corrected chi connectivity index (χ1v) is 8.27. The van der Waals surface area contributed by atoms with Crippen molar-refractivity contribution in [3.8, 4) is 0 Å². The summed E-state index contributed by atoms with van der Waals surface area (Å²) in [6.45, 7) is 8.02. The van der Waals surface area contributed by atoms with E-state index in [-0.39, 0.29) is 12.3 Å². The first-order chi connectivity index (χ1) is 11.3. The predicted octanol–water partition coefficient (Wildman–Crippen LogP) is 5.50. The lowest BCUT2D eigenvalue weighted by molar-refractivity contribution is -0.115. The van der Waals surface area contributed by atoms with E-state index in [9.17, 15) is 4.79 Å². The highest BCUT2D eigenvalue weighted by molar-refractivity contribution is 6.34. The number of rotatable bonds is 3. The molecule has 0 atom stereocenters. The molecule has 0 spiro atoms. The molecule has 24 heavy (non-hydrogen) atoms. The van der Waals surface area contributed by atoms with Crippen LogP contribution in [-0.4, -0.2) is 5.91 Å². The van der Waals surface area contributed by atoms with Gasteiger partial charge in [0.25, 0.3) is 0 Å². The molecule has 0 saturated heterocycles. The van der Waals surface area contributed by atoms with Crippen molar-refractivity contribution in [3.63, 3.8) is 0 Å². The second-order valence-corrected chi connectivity index (χ2v) is 6.76. The third kappa shape index (κ3) is 3.17. The molecule has 3 nitrogen and oxygen atoms in total. The quantitative estimate of drug-likeness (QED) is 0.683. The lowest BCUT2D eigenvalue weighted by Gasteiger charge is -2.11. The smallest absolute Gasteiger partial charge is 0.228 e. The van der Waals surface area contributed by atoms with Gasteiger partial charge >= 0.3 is 0 Å². The molecule has 1 N–H and O–H groups in total. The van der Waals surface area contributed by atoms with Gasteiger partial charge in [0.2, 0.25) is 5.91 Å². The van der Waals surface area contributed by atoms with Gasteiger partial charge in [0.05, 0.1) is 23.4 Å². The Morgan fingerprint density at radius 2 is 1.75 bits per heavy atom. The van der Waals surface area contributed by atoms with Crippen LogP contribution in [0.3, 0.4) is 0 Å². The number of benzene rings is 2. The first-order valence-electron chi connectivity index (χ1n) is 7.89. The van der Waals surface area contributed by atoms with Gasteiger partial charge in [0.15, 0.2) is 0 Å². The van der Waals surface area contributed by atoms with Gasteiger partial charge in [-0.1, -0.05) is 17.7 Å². The number of carbonyl (C=O) groups is 1. The minimum absolute atomic E-state index is 0.107. The van der Waals surface area contributed by atoms with E-state index in [1.54, 1.807) is 6.26 Å². The van der Waals surface area contributed by atoms with E-state index >= 15 is 0 Å². The lowest BCUT2D eigenvalue weighted by Crippen LogP contribution is -2.15. The van der Waals surface area contributed by atoms with Gasteiger partial charge in [-0.25, -0.2) is 0 Å². The van der Waals surface area contributed by atoms with Crippen LogP contribution in [-0.2, 0) is 11.2 Å². The Kier molecular flexibility index (Phi) is 4.37. The molecule has 0 aliphatic heterocycles. The standard InChI is InChI=1S/C20H20ClNO2/c1-11-5-14(4)20(17(21)6-11)22-19(23)9-15-10-24-18-8-13(3)12(2)7-16(15)18/h5-8,10H,9H2,1-4H3,(H,22,23). The van der Waals surface area contributed by atoms with Crippen LogP contribution >= 0.6 is 11.6 Å². The number of halogens is 1. The molecule has 4 heteroatoms. The number of aryl methyl sites for hydroxylation is 4. The van der Waals surface area contributed by atoms with E-state index in [1.807, 2.05) is 39.0 Å². The Hall–Kier alpha value is -2.26. The van der Waals surface area contributed by atoms with Gasteiger partial charge in [-0.05, 0) is 68.1 Å². The van der Waals surface area contributed by atoms with Crippen molar-refractivity contribution in [3.05, 3.63) is 63.4 Å². The van der Waals surface area contributed by atoms with Crippen LogP contribution < -0.4 is 5.32 Å². The fraction of sp³-hybridized carbons (Fsp3) is 0.250. The Morgan fingerprint density at radius 3 is 2.46 bits per heavy atom. The van der Waals surface area contributed by atoms with E-state index in [1.165, 1.54) is 11.1 Å². The molecule has 3 rings (SSSR count). The first kappa shape index (κ1) is 16.6.